The Kier molecular flexibility index (Phi) is 6.85. The summed E-state index contributed by atoms with van der Waals surface area (Å²) < 4.78 is 5.18. The molecule has 0 unspecified atom stereocenters. The van der Waals surface area contributed by atoms with Crippen LogP contribution in [0.4, 0.5) is 0 Å². The summed E-state index contributed by atoms with van der Waals surface area (Å²) >= 11 is 0. The first-order valence-corrected chi connectivity index (χ1v) is 3.99. The van der Waals surface area contributed by atoms with Gasteiger partial charge in [-0.3, -0.25) is 0 Å². The number of rotatable bonds is 5. The minimum absolute atomic E-state index is 0.621. The molecule has 0 aromatic heterocycles. The van der Waals surface area contributed by atoms with Gasteiger partial charge in [0.05, 0.1) is 0 Å². The fraction of sp³-hybridized carbons (Fsp3) is 0.667. The summed E-state index contributed by atoms with van der Waals surface area (Å²) in [7, 11) is 0.621. The van der Waals surface area contributed by atoms with Crippen molar-refractivity contribution in [2.45, 2.75) is 19.4 Å². The molecule has 0 aromatic carbocycles. The van der Waals surface area contributed by atoms with E-state index in [1.807, 2.05) is 6.08 Å². The second-order valence-corrected chi connectivity index (χ2v) is 2.47. The first-order valence-electron chi connectivity index (χ1n) is 2.87. The molecule has 0 rings (SSSR count). The van der Waals surface area contributed by atoms with Crippen LogP contribution in [-0.4, -0.2) is 16.4 Å². The fourth-order valence-corrected chi connectivity index (χ4v) is 0.876. The summed E-state index contributed by atoms with van der Waals surface area (Å²) in [4.78, 5) is 0. The lowest BCUT2D eigenvalue weighted by atomic mass is 10.5. The average molecular weight is 128 g/mol. The number of allylic oxidation sites excluding steroid dienone is 1. The van der Waals surface area contributed by atoms with E-state index in [0.29, 0.717) is 9.76 Å². The SMILES string of the molecule is C=CC[Si]OCCC. The Labute approximate surface area is 53.7 Å². The Morgan fingerprint density at radius 3 is 3.00 bits per heavy atom. The monoisotopic (exact) mass is 128 g/mol. The first kappa shape index (κ1) is 7.92. The molecule has 0 atom stereocenters. The molecular formula is C6H12OSi. The van der Waals surface area contributed by atoms with Crippen molar-refractivity contribution in [1.29, 1.82) is 0 Å². The van der Waals surface area contributed by atoms with Crippen LogP contribution in [0.25, 0.3) is 0 Å². The van der Waals surface area contributed by atoms with Gasteiger partial charge < -0.3 is 4.43 Å². The van der Waals surface area contributed by atoms with Crippen molar-refractivity contribution < 1.29 is 4.43 Å². The van der Waals surface area contributed by atoms with E-state index in [-0.39, 0.29) is 0 Å². The molecule has 0 saturated heterocycles. The second-order valence-electron chi connectivity index (χ2n) is 1.49. The molecule has 8 heavy (non-hydrogen) atoms. The molecule has 0 aliphatic rings. The van der Waals surface area contributed by atoms with Crippen LogP contribution < -0.4 is 0 Å². The van der Waals surface area contributed by atoms with Crippen molar-refractivity contribution in [3.63, 3.8) is 0 Å². The van der Waals surface area contributed by atoms with E-state index in [2.05, 4.69) is 13.5 Å². The van der Waals surface area contributed by atoms with Gasteiger partial charge >= 0.3 is 0 Å². The summed E-state index contributed by atoms with van der Waals surface area (Å²) in [6.45, 7) is 6.59. The van der Waals surface area contributed by atoms with Gasteiger partial charge in [-0.15, -0.1) is 6.58 Å². The van der Waals surface area contributed by atoms with Crippen molar-refractivity contribution in [2.75, 3.05) is 6.61 Å². The van der Waals surface area contributed by atoms with Gasteiger partial charge in [0.15, 0.2) is 0 Å². The molecule has 0 aliphatic heterocycles. The average Bonchev–Trinajstić information content (AvgIpc) is 1.81. The normalized spacial score (nSPS) is 9.12. The standard InChI is InChI=1S/C6H12OSi/c1-3-5-7-8-6-4-2/h4H,2-3,5-6H2,1H3. The van der Waals surface area contributed by atoms with Crippen LogP contribution in [0.1, 0.15) is 13.3 Å². The maximum Gasteiger partial charge on any atom is 0.233 e. The molecule has 2 heteroatoms. The third-order valence-electron chi connectivity index (χ3n) is 0.636. The second kappa shape index (κ2) is 6.92. The van der Waals surface area contributed by atoms with E-state index in [1.54, 1.807) is 0 Å². The summed E-state index contributed by atoms with van der Waals surface area (Å²) in [6.07, 6.45) is 3.00. The van der Waals surface area contributed by atoms with Gasteiger partial charge in [-0.1, -0.05) is 13.0 Å². The highest BCUT2D eigenvalue weighted by Crippen LogP contribution is 1.82. The van der Waals surface area contributed by atoms with E-state index in [1.165, 1.54) is 0 Å². The van der Waals surface area contributed by atoms with Crippen molar-refractivity contribution in [3.05, 3.63) is 12.7 Å². The van der Waals surface area contributed by atoms with Gasteiger partial charge in [0.1, 0.15) is 0 Å². The van der Waals surface area contributed by atoms with Gasteiger partial charge in [-0.05, 0) is 12.5 Å². The third-order valence-corrected chi connectivity index (χ3v) is 1.50. The largest absolute Gasteiger partial charge is 0.417 e. The molecule has 1 nitrogen and oxygen atoms in total. The Balaban J connectivity index is 2.62. The highest BCUT2D eigenvalue weighted by molar-refractivity contribution is 6.27. The molecule has 0 bridgehead atoms. The van der Waals surface area contributed by atoms with E-state index < -0.39 is 0 Å². The van der Waals surface area contributed by atoms with Gasteiger partial charge in [0.25, 0.3) is 0 Å². The lowest BCUT2D eigenvalue weighted by molar-refractivity contribution is 0.336. The lowest BCUT2D eigenvalue weighted by Crippen LogP contribution is -1.96. The molecule has 46 valence electrons. The van der Waals surface area contributed by atoms with E-state index in [4.69, 9.17) is 4.43 Å². The number of hydrogen-bond acceptors (Lipinski definition) is 1. The third kappa shape index (κ3) is 5.92. The van der Waals surface area contributed by atoms with Crippen LogP contribution >= 0.6 is 0 Å². The van der Waals surface area contributed by atoms with Gasteiger partial charge in [0, 0.05) is 6.61 Å². The predicted octanol–water partition coefficient (Wildman–Crippen LogP) is 1.64. The zero-order chi connectivity index (χ0) is 6.24. The van der Waals surface area contributed by atoms with Crippen LogP contribution in [0.15, 0.2) is 12.7 Å². The smallest absolute Gasteiger partial charge is 0.233 e. The fourth-order valence-electron chi connectivity index (χ4n) is 0.292. The molecule has 0 amide bonds. The highest BCUT2D eigenvalue weighted by Gasteiger charge is 1.83. The van der Waals surface area contributed by atoms with Crippen molar-refractivity contribution in [1.82, 2.24) is 0 Å². The molecule has 0 aromatic rings. The summed E-state index contributed by atoms with van der Waals surface area (Å²) in [5.41, 5.74) is 0. The minimum atomic E-state index is 0.621. The molecule has 0 N–H and O–H groups in total. The van der Waals surface area contributed by atoms with E-state index in [9.17, 15) is 0 Å². The first-order chi connectivity index (χ1) is 3.91. The maximum absolute atomic E-state index is 5.18. The topological polar surface area (TPSA) is 9.23 Å². The Morgan fingerprint density at radius 1 is 1.75 bits per heavy atom. The Morgan fingerprint density at radius 2 is 2.50 bits per heavy atom. The van der Waals surface area contributed by atoms with Crippen LogP contribution in [-0.2, 0) is 4.43 Å². The number of hydrogen-bond donors (Lipinski definition) is 0. The zero-order valence-corrected chi connectivity index (χ0v) is 6.31. The van der Waals surface area contributed by atoms with Gasteiger partial charge in [0.2, 0.25) is 9.76 Å². The van der Waals surface area contributed by atoms with E-state index in [0.717, 1.165) is 19.1 Å². The molecule has 0 heterocycles. The predicted molar refractivity (Wildman–Crippen MR) is 37.0 cm³/mol. The van der Waals surface area contributed by atoms with Gasteiger partial charge in [-0.2, -0.15) is 0 Å². The van der Waals surface area contributed by atoms with Crippen LogP contribution in [0.3, 0.4) is 0 Å². The Hall–Kier alpha value is -0.0831. The van der Waals surface area contributed by atoms with Crippen LogP contribution in [0, 0.1) is 0 Å². The molecule has 0 saturated carbocycles. The quantitative estimate of drug-likeness (QED) is 0.311. The maximum atomic E-state index is 5.18. The molecule has 0 spiro atoms. The molecule has 0 fully saturated rings. The summed E-state index contributed by atoms with van der Waals surface area (Å²) in [5, 5.41) is 0. The van der Waals surface area contributed by atoms with Gasteiger partial charge in [-0.25, -0.2) is 0 Å². The molecule has 0 aliphatic carbocycles. The van der Waals surface area contributed by atoms with Crippen molar-refractivity contribution in [3.8, 4) is 0 Å². The summed E-state index contributed by atoms with van der Waals surface area (Å²) in [5.74, 6) is 0. The molecule has 2 radical (unpaired) electrons. The Bertz CT molecular complexity index is 54.5. The van der Waals surface area contributed by atoms with Crippen molar-refractivity contribution in [2.24, 2.45) is 0 Å². The lowest BCUT2D eigenvalue weighted by Gasteiger charge is -1.94. The van der Waals surface area contributed by atoms with E-state index >= 15 is 0 Å². The summed E-state index contributed by atoms with van der Waals surface area (Å²) in [6, 6.07) is 1.00. The molecular weight excluding hydrogens is 116 g/mol. The zero-order valence-electron chi connectivity index (χ0n) is 5.31. The van der Waals surface area contributed by atoms with Crippen molar-refractivity contribution >= 4 is 9.76 Å². The van der Waals surface area contributed by atoms with Crippen LogP contribution in [0.2, 0.25) is 6.04 Å². The highest BCUT2D eigenvalue weighted by atomic mass is 28.2. The van der Waals surface area contributed by atoms with Crippen LogP contribution in [0.5, 0.6) is 0 Å². The minimum Gasteiger partial charge on any atom is -0.417 e.